The van der Waals surface area contributed by atoms with Gasteiger partial charge in [0, 0.05) is 32.0 Å². The fraction of sp³-hybridized carbons (Fsp3) is 0.650. The lowest BCUT2D eigenvalue weighted by Crippen LogP contribution is -2.47. The summed E-state index contributed by atoms with van der Waals surface area (Å²) in [5.74, 6) is 1.49. The maximum atomic E-state index is 11.9. The lowest BCUT2D eigenvalue weighted by molar-refractivity contribution is 0.207. The van der Waals surface area contributed by atoms with Gasteiger partial charge in [-0.2, -0.15) is 0 Å². The second-order valence-electron chi connectivity index (χ2n) is 7.95. The second kappa shape index (κ2) is 10.7. The van der Waals surface area contributed by atoms with E-state index in [-0.39, 0.29) is 30.5 Å². The molecule has 0 aliphatic heterocycles. The monoisotopic (exact) mass is 523 g/mol. The normalized spacial score (nSPS) is 15.8. The van der Waals surface area contributed by atoms with Crippen LogP contribution < -0.4 is 15.4 Å². The summed E-state index contributed by atoms with van der Waals surface area (Å²) in [6.07, 6.45) is 6.26. The molecule has 2 N–H and O–H groups in total. The van der Waals surface area contributed by atoms with E-state index >= 15 is 0 Å². The van der Waals surface area contributed by atoms with E-state index in [1.54, 1.807) is 20.9 Å². The van der Waals surface area contributed by atoms with Crippen LogP contribution in [0.25, 0.3) is 0 Å². The molecule has 1 aliphatic rings. The summed E-state index contributed by atoms with van der Waals surface area (Å²) in [7, 11) is -1.49. The fourth-order valence-corrected chi connectivity index (χ4v) is 3.26. The highest BCUT2D eigenvalue weighted by molar-refractivity contribution is 14.0. The first-order valence-corrected chi connectivity index (χ1v) is 11.4. The van der Waals surface area contributed by atoms with E-state index in [0.29, 0.717) is 18.6 Å². The van der Waals surface area contributed by atoms with E-state index in [1.807, 2.05) is 0 Å². The zero-order chi connectivity index (χ0) is 20.1. The first-order valence-electron chi connectivity index (χ1n) is 9.53. The van der Waals surface area contributed by atoms with Crippen LogP contribution in [0, 0.1) is 6.92 Å². The van der Waals surface area contributed by atoms with Crippen LogP contribution in [0.4, 0.5) is 0 Å². The van der Waals surface area contributed by atoms with Crippen LogP contribution in [0.2, 0.25) is 0 Å². The molecule has 0 amide bonds. The summed E-state index contributed by atoms with van der Waals surface area (Å²) in [6.45, 7) is 6.31. The molecule has 0 bridgehead atoms. The van der Waals surface area contributed by atoms with Crippen molar-refractivity contribution in [2.75, 3.05) is 19.8 Å². The first kappa shape index (κ1) is 25.0. The highest BCUT2D eigenvalue weighted by Crippen LogP contribution is 2.27. The number of halogens is 1. The largest absolute Gasteiger partial charge is 0.490 e. The zero-order valence-electron chi connectivity index (χ0n) is 17.5. The molecule has 28 heavy (non-hydrogen) atoms. The number of ether oxygens (including phenoxy) is 1. The molecule has 1 aliphatic carbocycles. The average Bonchev–Trinajstić information content (AvgIpc) is 3.08. The maximum Gasteiger partial charge on any atom is 0.191 e. The molecule has 0 spiro atoms. The fourth-order valence-electron chi connectivity index (χ4n) is 2.93. The van der Waals surface area contributed by atoms with E-state index in [2.05, 4.69) is 40.7 Å². The van der Waals surface area contributed by atoms with Crippen molar-refractivity contribution in [3.8, 4) is 5.75 Å². The minimum absolute atomic E-state index is 0. The van der Waals surface area contributed by atoms with Crippen molar-refractivity contribution in [3.05, 3.63) is 29.3 Å². The predicted octanol–water partition coefficient (Wildman–Crippen LogP) is 3.42. The summed E-state index contributed by atoms with van der Waals surface area (Å²) < 4.78 is 29.1. The number of hydrogen-bond acceptors (Lipinski definition) is 4. The highest BCUT2D eigenvalue weighted by atomic mass is 127. The van der Waals surface area contributed by atoms with E-state index in [9.17, 15) is 8.42 Å². The van der Waals surface area contributed by atoms with Crippen molar-refractivity contribution >= 4 is 39.8 Å². The molecule has 0 atom stereocenters. The Morgan fingerprint density at radius 2 is 1.89 bits per heavy atom. The van der Waals surface area contributed by atoms with Gasteiger partial charge in [0.2, 0.25) is 0 Å². The van der Waals surface area contributed by atoms with Gasteiger partial charge in [-0.3, -0.25) is 4.99 Å². The Morgan fingerprint density at radius 1 is 1.25 bits per heavy atom. The lowest BCUT2D eigenvalue weighted by atomic mass is 10.1. The minimum Gasteiger partial charge on any atom is -0.490 e. The molecule has 0 unspecified atom stereocenters. The summed E-state index contributed by atoms with van der Waals surface area (Å²) in [5.41, 5.74) is 2.24. The van der Waals surface area contributed by atoms with Crippen LogP contribution in [0.5, 0.6) is 5.75 Å². The zero-order valence-corrected chi connectivity index (χ0v) is 20.7. The van der Waals surface area contributed by atoms with Gasteiger partial charge in [0.05, 0.1) is 10.9 Å². The Bertz CT molecular complexity index is 773. The molecule has 0 saturated heterocycles. The van der Waals surface area contributed by atoms with Crippen LogP contribution in [0.15, 0.2) is 23.2 Å². The molecule has 0 aromatic heterocycles. The van der Waals surface area contributed by atoms with Gasteiger partial charge in [-0.05, 0) is 58.1 Å². The van der Waals surface area contributed by atoms with Gasteiger partial charge in [-0.15, -0.1) is 24.0 Å². The van der Waals surface area contributed by atoms with E-state index in [0.717, 1.165) is 24.2 Å². The number of nitrogens with one attached hydrogen (secondary N) is 2. The molecule has 1 fully saturated rings. The molecule has 160 valence electrons. The third kappa shape index (κ3) is 7.09. The third-order valence-electron chi connectivity index (χ3n) is 5.17. The Morgan fingerprint density at radius 3 is 2.46 bits per heavy atom. The van der Waals surface area contributed by atoms with Crippen LogP contribution in [0.3, 0.4) is 0 Å². The second-order valence-corrected chi connectivity index (χ2v) is 10.6. The number of guanidine groups is 1. The molecular weight excluding hydrogens is 489 g/mol. The Balaban J connectivity index is 0.00000392. The van der Waals surface area contributed by atoms with Crippen molar-refractivity contribution in [1.29, 1.82) is 0 Å². The number of nitrogens with zero attached hydrogens (tertiary/aromatic N) is 1. The van der Waals surface area contributed by atoms with Crippen molar-refractivity contribution < 1.29 is 13.2 Å². The first-order chi connectivity index (χ1) is 12.6. The number of aliphatic imine (C=N–C) groups is 1. The molecule has 6 nitrogen and oxygen atoms in total. The van der Waals surface area contributed by atoms with Crippen molar-refractivity contribution in [1.82, 2.24) is 10.6 Å². The molecule has 1 saturated carbocycles. The number of aryl methyl sites for hydroxylation is 1. The smallest absolute Gasteiger partial charge is 0.191 e. The van der Waals surface area contributed by atoms with Gasteiger partial charge >= 0.3 is 0 Å². The maximum absolute atomic E-state index is 11.9. The van der Waals surface area contributed by atoms with Gasteiger partial charge in [-0.1, -0.05) is 12.1 Å². The molecular formula is C20H34IN3O3S. The molecule has 2 rings (SSSR count). The summed E-state index contributed by atoms with van der Waals surface area (Å²) >= 11 is 0. The highest BCUT2D eigenvalue weighted by Gasteiger charge is 2.30. The van der Waals surface area contributed by atoms with Crippen molar-refractivity contribution in [3.63, 3.8) is 0 Å². The molecule has 0 radical (unpaired) electrons. The molecule has 1 aromatic rings. The number of benzene rings is 1. The Hall–Kier alpha value is -1.03. The molecule has 1 aromatic carbocycles. The van der Waals surface area contributed by atoms with Crippen LogP contribution >= 0.6 is 24.0 Å². The van der Waals surface area contributed by atoms with Gasteiger partial charge in [0.15, 0.2) is 15.8 Å². The van der Waals surface area contributed by atoms with E-state index in [1.165, 1.54) is 24.7 Å². The van der Waals surface area contributed by atoms with Gasteiger partial charge in [0.25, 0.3) is 0 Å². The molecule has 8 heteroatoms. The Kier molecular flexibility index (Phi) is 9.52. The summed E-state index contributed by atoms with van der Waals surface area (Å²) in [4.78, 5) is 4.20. The van der Waals surface area contributed by atoms with Gasteiger partial charge in [0.1, 0.15) is 5.75 Å². The van der Waals surface area contributed by atoms with Gasteiger partial charge < -0.3 is 15.4 Å². The van der Waals surface area contributed by atoms with Crippen molar-refractivity contribution in [2.24, 2.45) is 4.99 Å². The number of rotatable bonds is 7. The van der Waals surface area contributed by atoms with Gasteiger partial charge in [-0.25, -0.2) is 8.42 Å². The summed E-state index contributed by atoms with van der Waals surface area (Å²) in [5, 5.41) is 6.37. The van der Waals surface area contributed by atoms with Crippen LogP contribution in [-0.4, -0.2) is 45.1 Å². The molecule has 0 heterocycles. The van der Waals surface area contributed by atoms with Crippen molar-refractivity contribution in [2.45, 2.75) is 63.9 Å². The van der Waals surface area contributed by atoms with E-state index < -0.39 is 14.6 Å². The quantitative estimate of drug-likeness (QED) is 0.325. The van der Waals surface area contributed by atoms with E-state index in [4.69, 9.17) is 4.74 Å². The third-order valence-corrected chi connectivity index (χ3v) is 7.33. The lowest BCUT2D eigenvalue weighted by Gasteiger charge is -2.24. The van der Waals surface area contributed by atoms with Crippen LogP contribution in [-0.2, 0) is 16.4 Å². The Labute approximate surface area is 186 Å². The predicted molar refractivity (Wildman–Crippen MR) is 127 cm³/mol. The standard InChI is InChI=1S/C20H33N3O3S.HI/c1-15-10-11-16(18(12-15)26-17-8-6-7-9-17)13-22-19(21-4)23-14-20(2,3)27(5,24)25;/h10-12,17H,6-9,13-14H2,1-5H3,(H2,21,22,23);1H. The number of sulfone groups is 1. The van der Waals surface area contributed by atoms with Crippen LogP contribution in [0.1, 0.15) is 50.7 Å². The SMILES string of the molecule is CN=C(NCc1ccc(C)cc1OC1CCCC1)NCC(C)(C)S(C)(=O)=O.I. The average molecular weight is 523 g/mol. The minimum atomic E-state index is -3.16. The topological polar surface area (TPSA) is 79.8 Å². The number of hydrogen-bond donors (Lipinski definition) is 2. The summed E-state index contributed by atoms with van der Waals surface area (Å²) in [6, 6.07) is 6.22.